The van der Waals surface area contributed by atoms with Crippen molar-refractivity contribution in [3.05, 3.63) is 29.8 Å². The van der Waals surface area contributed by atoms with Gasteiger partial charge in [-0.2, -0.15) is 4.31 Å². The van der Waals surface area contributed by atoms with E-state index < -0.39 is 21.7 Å². The molecule has 1 atom stereocenters. The lowest BCUT2D eigenvalue weighted by molar-refractivity contribution is -0.402. The molecule has 6 nitrogen and oxygen atoms in total. The number of carbonyl (C=O) groups excluding carboxylic acids is 1. The van der Waals surface area contributed by atoms with Crippen LogP contribution in [0.5, 0.6) is 0 Å². The van der Waals surface area contributed by atoms with Gasteiger partial charge in [0.15, 0.2) is 12.6 Å². The number of benzene rings is 1. The number of hydrogen-bond donors (Lipinski definition) is 0. The Morgan fingerprint density at radius 2 is 1.79 bits per heavy atom. The van der Waals surface area contributed by atoms with E-state index in [-0.39, 0.29) is 36.5 Å². The molecule has 0 radical (unpaired) electrons. The van der Waals surface area contributed by atoms with Crippen molar-refractivity contribution in [3.8, 4) is 0 Å². The molecular weight excluding hydrogens is 330 g/mol. The Kier molecular flexibility index (Phi) is 4.55. The minimum absolute atomic E-state index is 0.0130. The highest BCUT2D eigenvalue weighted by molar-refractivity contribution is 7.89. The van der Waals surface area contributed by atoms with E-state index in [0.29, 0.717) is 6.42 Å². The maximum Gasteiger partial charge on any atom is 0.243 e. The first-order chi connectivity index (χ1) is 11.2. The first-order valence-corrected chi connectivity index (χ1v) is 9.58. The Labute approximate surface area is 142 Å². The number of aryl methyl sites for hydroxylation is 1. The highest BCUT2D eigenvalue weighted by Crippen LogP contribution is 2.40. The standard InChI is InChI=1S/C17H23NO5S/c1-12-4-6-14(7-5-12)24(20,21)18-10-8-15(19)17(3,9-11-18)16-22-13(2)23-16/h4-7,13,16H,8-11H2,1-3H3. The van der Waals surface area contributed by atoms with Crippen LogP contribution in [0.15, 0.2) is 29.2 Å². The maximum absolute atomic E-state index is 12.8. The summed E-state index contributed by atoms with van der Waals surface area (Å²) < 4.78 is 38.1. The molecule has 0 N–H and O–H groups in total. The van der Waals surface area contributed by atoms with Gasteiger partial charge in [-0.05, 0) is 39.3 Å². The second-order valence-corrected chi connectivity index (χ2v) is 8.67. The Balaban J connectivity index is 1.79. The second kappa shape index (κ2) is 6.22. The van der Waals surface area contributed by atoms with Crippen molar-refractivity contribution in [1.29, 1.82) is 0 Å². The van der Waals surface area contributed by atoms with E-state index in [9.17, 15) is 13.2 Å². The van der Waals surface area contributed by atoms with Gasteiger partial charge in [-0.1, -0.05) is 17.7 Å². The number of ether oxygens (including phenoxy) is 2. The van der Waals surface area contributed by atoms with E-state index in [1.807, 2.05) is 6.92 Å². The van der Waals surface area contributed by atoms with Crippen molar-refractivity contribution in [2.45, 2.75) is 51.1 Å². The molecule has 0 amide bonds. The average Bonchev–Trinajstić information content (AvgIpc) is 2.65. The average molecular weight is 353 g/mol. The summed E-state index contributed by atoms with van der Waals surface area (Å²) in [4.78, 5) is 12.8. The Hall–Kier alpha value is -1.28. The van der Waals surface area contributed by atoms with Crippen molar-refractivity contribution in [2.24, 2.45) is 5.41 Å². The zero-order valence-corrected chi connectivity index (χ0v) is 15.0. The van der Waals surface area contributed by atoms with Crippen molar-refractivity contribution in [1.82, 2.24) is 4.31 Å². The van der Waals surface area contributed by atoms with Gasteiger partial charge in [0.2, 0.25) is 10.0 Å². The summed E-state index contributed by atoms with van der Waals surface area (Å²) in [5, 5.41) is 0. The van der Waals surface area contributed by atoms with Crippen LogP contribution in [-0.2, 0) is 24.3 Å². The van der Waals surface area contributed by atoms with Gasteiger partial charge in [0.05, 0.1) is 10.3 Å². The van der Waals surface area contributed by atoms with Gasteiger partial charge in [-0.15, -0.1) is 0 Å². The van der Waals surface area contributed by atoms with Crippen molar-refractivity contribution < 1.29 is 22.7 Å². The normalized spacial score (nSPS) is 32.2. The van der Waals surface area contributed by atoms with Gasteiger partial charge in [0.25, 0.3) is 0 Å². The molecule has 0 aromatic heterocycles. The number of hydrogen-bond acceptors (Lipinski definition) is 5. The summed E-state index contributed by atoms with van der Waals surface area (Å²) in [7, 11) is -3.60. The van der Waals surface area contributed by atoms with E-state index in [1.165, 1.54) is 4.31 Å². The quantitative estimate of drug-likeness (QED) is 0.832. The van der Waals surface area contributed by atoms with E-state index in [1.54, 1.807) is 38.1 Å². The summed E-state index contributed by atoms with van der Waals surface area (Å²) in [6, 6.07) is 6.77. The molecule has 2 heterocycles. The molecule has 0 bridgehead atoms. The number of rotatable bonds is 3. The molecule has 24 heavy (non-hydrogen) atoms. The van der Waals surface area contributed by atoms with Crippen LogP contribution in [0, 0.1) is 12.3 Å². The molecule has 0 saturated carbocycles. The molecule has 0 spiro atoms. The predicted octanol–water partition coefficient (Wildman–Crippen LogP) is 2.07. The van der Waals surface area contributed by atoms with Crippen molar-refractivity contribution >= 4 is 15.8 Å². The summed E-state index contributed by atoms with van der Waals surface area (Å²) in [6.07, 6.45) is -0.342. The fourth-order valence-electron chi connectivity index (χ4n) is 3.13. The zero-order valence-electron chi connectivity index (χ0n) is 14.2. The molecule has 0 aliphatic carbocycles. The van der Waals surface area contributed by atoms with Gasteiger partial charge in [0.1, 0.15) is 5.78 Å². The molecule has 2 saturated heterocycles. The lowest BCUT2D eigenvalue weighted by Gasteiger charge is -2.44. The third kappa shape index (κ3) is 3.01. The fourth-order valence-corrected chi connectivity index (χ4v) is 4.57. The number of sulfonamides is 1. The van der Waals surface area contributed by atoms with E-state index in [4.69, 9.17) is 9.47 Å². The van der Waals surface area contributed by atoms with Crippen LogP contribution in [0.2, 0.25) is 0 Å². The molecule has 2 fully saturated rings. The lowest BCUT2D eigenvalue weighted by Crippen LogP contribution is -2.53. The van der Waals surface area contributed by atoms with Gasteiger partial charge in [-0.3, -0.25) is 4.79 Å². The molecule has 2 aliphatic rings. The number of nitrogens with zero attached hydrogens (tertiary/aromatic N) is 1. The topological polar surface area (TPSA) is 72.9 Å². The Morgan fingerprint density at radius 3 is 2.38 bits per heavy atom. The highest BCUT2D eigenvalue weighted by atomic mass is 32.2. The summed E-state index contributed by atoms with van der Waals surface area (Å²) in [6.45, 7) is 5.94. The second-order valence-electron chi connectivity index (χ2n) is 6.73. The molecule has 7 heteroatoms. The van der Waals surface area contributed by atoms with Gasteiger partial charge >= 0.3 is 0 Å². The lowest BCUT2D eigenvalue weighted by atomic mass is 9.80. The molecule has 1 aromatic rings. The van der Waals surface area contributed by atoms with Gasteiger partial charge in [0, 0.05) is 19.5 Å². The van der Waals surface area contributed by atoms with Crippen molar-refractivity contribution in [3.63, 3.8) is 0 Å². The van der Waals surface area contributed by atoms with Gasteiger partial charge < -0.3 is 9.47 Å². The molecule has 1 aromatic carbocycles. The summed E-state index contributed by atoms with van der Waals surface area (Å²) in [5.41, 5.74) is 0.199. The van der Waals surface area contributed by atoms with E-state index >= 15 is 0 Å². The minimum Gasteiger partial charge on any atom is -0.323 e. The van der Waals surface area contributed by atoms with E-state index in [2.05, 4.69) is 0 Å². The molecule has 2 aliphatic heterocycles. The highest BCUT2D eigenvalue weighted by Gasteiger charge is 2.50. The molecule has 3 rings (SSSR count). The van der Waals surface area contributed by atoms with Crippen LogP contribution in [0.25, 0.3) is 0 Å². The van der Waals surface area contributed by atoms with Crippen molar-refractivity contribution in [2.75, 3.05) is 13.1 Å². The summed E-state index contributed by atoms with van der Waals surface area (Å²) in [5.74, 6) is -0.0130. The Bertz CT molecular complexity index is 724. The first-order valence-electron chi connectivity index (χ1n) is 8.14. The molecular formula is C17H23NO5S. The van der Waals surface area contributed by atoms with Crippen LogP contribution < -0.4 is 0 Å². The third-order valence-electron chi connectivity index (χ3n) is 4.92. The molecule has 132 valence electrons. The molecule has 1 unspecified atom stereocenters. The fraction of sp³-hybridized carbons (Fsp3) is 0.588. The number of Topliss-reactive ketones (excluding diaryl/α,β-unsaturated/α-hetero) is 1. The first kappa shape index (κ1) is 17.5. The SMILES string of the molecule is Cc1ccc(S(=O)(=O)N2CCC(=O)C(C)(C3OC(C)O3)CC2)cc1. The number of carbonyl (C=O) groups is 1. The largest absolute Gasteiger partial charge is 0.323 e. The van der Waals surface area contributed by atoms with Crippen LogP contribution in [0.3, 0.4) is 0 Å². The predicted molar refractivity (Wildman–Crippen MR) is 87.7 cm³/mol. The van der Waals surface area contributed by atoms with Crippen LogP contribution >= 0.6 is 0 Å². The summed E-state index contributed by atoms with van der Waals surface area (Å²) >= 11 is 0. The zero-order chi connectivity index (χ0) is 17.5. The number of ketones is 1. The van der Waals surface area contributed by atoms with Crippen LogP contribution in [-0.4, -0.2) is 44.2 Å². The van der Waals surface area contributed by atoms with Gasteiger partial charge in [-0.25, -0.2) is 8.42 Å². The van der Waals surface area contributed by atoms with Crippen LogP contribution in [0.4, 0.5) is 0 Å². The maximum atomic E-state index is 12.8. The van der Waals surface area contributed by atoms with Crippen LogP contribution in [0.1, 0.15) is 32.3 Å². The Morgan fingerprint density at radius 1 is 1.17 bits per heavy atom. The minimum atomic E-state index is -3.60. The monoisotopic (exact) mass is 353 g/mol. The third-order valence-corrected chi connectivity index (χ3v) is 6.83. The smallest absolute Gasteiger partial charge is 0.243 e. The van der Waals surface area contributed by atoms with E-state index in [0.717, 1.165) is 5.56 Å².